The molecular weight excluding hydrogens is 368 g/mol. The van der Waals surface area contributed by atoms with Crippen molar-refractivity contribution in [3.05, 3.63) is 71.2 Å². The van der Waals surface area contributed by atoms with E-state index < -0.39 is 0 Å². The highest BCUT2D eigenvalue weighted by atomic mass is 15.2. The summed E-state index contributed by atoms with van der Waals surface area (Å²) in [5, 5.41) is 10.8. The lowest BCUT2D eigenvalue weighted by Gasteiger charge is -2.38. The number of rotatable bonds is 7. The van der Waals surface area contributed by atoms with Crippen LogP contribution in [0.5, 0.6) is 0 Å². The van der Waals surface area contributed by atoms with Crippen LogP contribution in [0.15, 0.2) is 70.6 Å². The fourth-order valence-corrected chi connectivity index (χ4v) is 4.20. The van der Waals surface area contributed by atoms with E-state index in [-0.39, 0.29) is 11.6 Å². The highest BCUT2D eigenvalue weighted by Gasteiger charge is 2.35. The summed E-state index contributed by atoms with van der Waals surface area (Å²) in [6, 6.07) is 10.7. The van der Waals surface area contributed by atoms with Gasteiger partial charge in [-0.1, -0.05) is 64.1 Å². The zero-order valence-corrected chi connectivity index (χ0v) is 19.1. The van der Waals surface area contributed by atoms with Gasteiger partial charge in [0.25, 0.3) is 0 Å². The molecule has 0 saturated carbocycles. The summed E-state index contributed by atoms with van der Waals surface area (Å²) in [6.45, 7) is 14.0. The lowest BCUT2D eigenvalue weighted by Crippen LogP contribution is -2.48. The Bertz CT molecular complexity index is 830. The van der Waals surface area contributed by atoms with E-state index in [0.717, 1.165) is 43.0 Å². The third kappa shape index (κ3) is 5.35. The second-order valence-corrected chi connectivity index (χ2v) is 9.03. The molecule has 4 nitrogen and oxygen atoms in total. The molecule has 0 saturated heterocycles. The molecule has 0 radical (unpaired) electrons. The molecule has 2 aliphatic rings. The molecule has 1 aromatic rings. The van der Waals surface area contributed by atoms with Crippen molar-refractivity contribution >= 4 is 5.84 Å². The molecular formula is C26H38N4. The van der Waals surface area contributed by atoms with Crippen LogP contribution < -0.4 is 16.0 Å². The molecule has 0 aromatic heterocycles. The molecule has 4 heteroatoms. The summed E-state index contributed by atoms with van der Waals surface area (Å²) in [6.07, 6.45) is 9.05. The minimum atomic E-state index is -0.130. The predicted molar refractivity (Wildman–Crippen MR) is 128 cm³/mol. The minimum absolute atomic E-state index is 0.0182. The number of hydrogen-bond donors (Lipinski definition) is 3. The molecule has 1 aliphatic heterocycles. The molecule has 0 amide bonds. The van der Waals surface area contributed by atoms with Gasteiger partial charge in [-0.05, 0) is 50.7 Å². The lowest BCUT2D eigenvalue weighted by molar-refractivity contribution is 0.363. The van der Waals surface area contributed by atoms with E-state index in [2.05, 4.69) is 86.6 Å². The van der Waals surface area contributed by atoms with E-state index in [1.54, 1.807) is 0 Å². The number of aliphatic imine (C=N–C) groups is 1. The molecule has 3 rings (SSSR count). The van der Waals surface area contributed by atoms with Crippen molar-refractivity contribution in [3.8, 4) is 0 Å². The first-order valence-corrected chi connectivity index (χ1v) is 11.4. The fraction of sp³-hybridized carbons (Fsp3) is 0.500. The predicted octanol–water partition coefficient (Wildman–Crippen LogP) is 5.52. The molecule has 0 fully saturated rings. The Labute approximate surface area is 182 Å². The Balaban J connectivity index is 1.88. The standard InChI is InChI=1S/C26H38N4/c1-6-17-27-19(2)18-20(3)28-24-22-15-11-8-12-16-23(22)29-25(30-24)26(4,5)21-13-9-7-10-14-21/h7,9-10,13-14,18,25,27,29H,3,6,8,11-12,15-17H2,1-2,4-5H3,(H,28,30)/b19-18-. The Morgan fingerprint density at radius 2 is 1.93 bits per heavy atom. The average molecular weight is 407 g/mol. The SMILES string of the molecule is C=C(/C=C(/C)NCCC)NC1=NC(C(C)(C)c2ccccc2)NC2=C1CCCCC2. The maximum atomic E-state index is 5.19. The summed E-state index contributed by atoms with van der Waals surface area (Å²) >= 11 is 0. The number of benzene rings is 1. The monoisotopic (exact) mass is 406 g/mol. The molecule has 0 spiro atoms. The maximum Gasteiger partial charge on any atom is 0.132 e. The van der Waals surface area contributed by atoms with Gasteiger partial charge in [0.05, 0.1) is 0 Å². The van der Waals surface area contributed by atoms with E-state index in [1.807, 2.05) is 0 Å². The van der Waals surface area contributed by atoms with Gasteiger partial charge in [-0.3, -0.25) is 0 Å². The molecule has 0 bridgehead atoms. The van der Waals surface area contributed by atoms with Crippen LogP contribution in [0.3, 0.4) is 0 Å². The quantitative estimate of drug-likeness (QED) is 0.523. The van der Waals surface area contributed by atoms with Gasteiger partial charge in [0, 0.05) is 34.6 Å². The third-order valence-corrected chi connectivity index (χ3v) is 6.10. The summed E-state index contributed by atoms with van der Waals surface area (Å²) in [4.78, 5) is 5.19. The molecule has 162 valence electrons. The first-order chi connectivity index (χ1) is 14.4. The van der Waals surface area contributed by atoms with Crippen molar-refractivity contribution in [2.24, 2.45) is 4.99 Å². The lowest BCUT2D eigenvalue weighted by atomic mass is 9.80. The number of nitrogens with zero attached hydrogens (tertiary/aromatic N) is 1. The van der Waals surface area contributed by atoms with Crippen molar-refractivity contribution in [1.82, 2.24) is 16.0 Å². The zero-order chi connectivity index (χ0) is 21.6. The third-order valence-electron chi connectivity index (χ3n) is 6.10. The molecule has 30 heavy (non-hydrogen) atoms. The molecule has 1 heterocycles. The number of nitrogens with one attached hydrogen (secondary N) is 3. The molecule has 1 aromatic carbocycles. The van der Waals surface area contributed by atoms with Crippen molar-refractivity contribution < 1.29 is 0 Å². The van der Waals surface area contributed by atoms with Gasteiger partial charge in [0.15, 0.2) is 0 Å². The average Bonchev–Trinajstić information content (AvgIpc) is 2.98. The van der Waals surface area contributed by atoms with Crippen LogP contribution >= 0.6 is 0 Å². The van der Waals surface area contributed by atoms with Crippen LogP contribution in [0.25, 0.3) is 0 Å². The van der Waals surface area contributed by atoms with Crippen molar-refractivity contribution in [2.75, 3.05) is 6.54 Å². The van der Waals surface area contributed by atoms with Crippen LogP contribution in [0.4, 0.5) is 0 Å². The van der Waals surface area contributed by atoms with Crippen molar-refractivity contribution in [3.63, 3.8) is 0 Å². The fourth-order valence-electron chi connectivity index (χ4n) is 4.20. The molecule has 1 unspecified atom stereocenters. The van der Waals surface area contributed by atoms with E-state index in [0.29, 0.717) is 0 Å². The van der Waals surface area contributed by atoms with Gasteiger partial charge < -0.3 is 16.0 Å². The maximum absolute atomic E-state index is 5.19. The number of hydrogen-bond acceptors (Lipinski definition) is 4. The number of allylic oxidation sites excluding steroid dienone is 3. The van der Waals surface area contributed by atoms with E-state index in [4.69, 9.17) is 4.99 Å². The summed E-state index contributed by atoms with van der Waals surface area (Å²) in [5.41, 5.74) is 5.86. The Morgan fingerprint density at radius 1 is 1.20 bits per heavy atom. The molecule has 3 N–H and O–H groups in total. The van der Waals surface area contributed by atoms with Crippen LogP contribution in [0.2, 0.25) is 0 Å². The normalized spacial score (nSPS) is 19.9. The minimum Gasteiger partial charge on any atom is -0.389 e. The first kappa shape index (κ1) is 22.2. The Kier molecular flexibility index (Phi) is 7.41. The van der Waals surface area contributed by atoms with Gasteiger partial charge in [-0.2, -0.15) is 0 Å². The van der Waals surface area contributed by atoms with Gasteiger partial charge >= 0.3 is 0 Å². The molecule has 1 aliphatic carbocycles. The van der Waals surface area contributed by atoms with Crippen LogP contribution in [-0.4, -0.2) is 18.5 Å². The van der Waals surface area contributed by atoms with Gasteiger partial charge in [-0.15, -0.1) is 0 Å². The molecule has 1 atom stereocenters. The van der Waals surface area contributed by atoms with Crippen molar-refractivity contribution in [1.29, 1.82) is 0 Å². The Hall–Kier alpha value is -2.49. The van der Waals surface area contributed by atoms with Crippen LogP contribution in [-0.2, 0) is 5.41 Å². The summed E-state index contributed by atoms with van der Waals surface area (Å²) < 4.78 is 0. The van der Waals surface area contributed by atoms with Gasteiger partial charge in [-0.25, -0.2) is 4.99 Å². The largest absolute Gasteiger partial charge is 0.389 e. The highest BCUT2D eigenvalue weighted by molar-refractivity contribution is 6.01. The Morgan fingerprint density at radius 3 is 2.67 bits per heavy atom. The number of amidine groups is 1. The first-order valence-electron chi connectivity index (χ1n) is 11.4. The van der Waals surface area contributed by atoms with Crippen LogP contribution in [0, 0.1) is 0 Å². The zero-order valence-electron chi connectivity index (χ0n) is 19.1. The van der Waals surface area contributed by atoms with E-state index in [9.17, 15) is 0 Å². The second-order valence-electron chi connectivity index (χ2n) is 9.03. The van der Waals surface area contributed by atoms with Gasteiger partial charge in [0.1, 0.15) is 12.0 Å². The summed E-state index contributed by atoms with van der Waals surface area (Å²) in [7, 11) is 0. The highest BCUT2D eigenvalue weighted by Crippen LogP contribution is 2.34. The van der Waals surface area contributed by atoms with E-state index in [1.165, 1.54) is 36.1 Å². The van der Waals surface area contributed by atoms with E-state index >= 15 is 0 Å². The van der Waals surface area contributed by atoms with Crippen molar-refractivity contribution in [2.45, 2.75) is 77.8 Å². The topological polar surface area (TPSA) is 48.5 Å². The van der Waals surface area contributed by atoms with Crippen LogP contribution in [0.1, 0.15) is 71.8 Å². The smallest absolute Gasteiger partial charge is 0.132 e. The summed E-state index contributed by atoms with van der Waals surface area (Å²) in [5.74, 6) is 0.990. The second kappa shape index (κ2) is 10.0. The van der Waals surface area contributed by atoms with Gasteiger partial charge in [0.2, 0.25) is 0 Å².